The van der Waals surface area contributed by atoms with Gasteiger partial charge in [-0.3, -0.25) is 9.79 Å². The van der Waals surface area contributed by atoms with Gasteiger partial charge in [-0.05, 0) is 23.3 Å². The van der Waals surface area contributed by atoms with Gasteiger partial charge in [-0.2, -0.15) is 0 Å². The lowest BCUT2D eigenvalue weighted by Crippen LogP contribution is -2.43. The van der Waals surface area contributed by atoms with Gasteiger partial charge in [0.15, 0.2) is 5.96 Å². The molecule has 0 spiro atoms. The van der Waals surface area contributed by atoms with Gasteiger partial charge in [-0.25, -0.2) is 14.6 Å². The fraction of sp³-hybridized carbons (Fsp3) is 0.240. The van der Waals surface area contributed by atoms with Gasteiger partial charge in [0, 0.05) is 19.5 Å². The molecule has 3 aromatic rings. The van der Waals surface area contributed by atoms with E-state index in [9.17, 15) is 19.5 Å². The number of nitrogens with zero attached hydrogens (tertiary/aromatic N) is 2. The van der Waals surface area contributed by atoms with Gasteiger partial charge in [-0.15, -0.1) is 0 Å². The summed E-state index contributed by atoms with van der Waals surface area (Å²) in [7, 11) is 0. The number of carboxylic acid groups (broad SMARTS) is 1. The molecule has 1 atom stereocenters. The Hall–Kier alpha value is -4.67. The third-order valence-electron chi connectivity index (χ3n) is 5.35. The molecule has 1 aromatic heterocycles. The molecule has 5 N–H and O–H groups in total. The Morgan fingerprint density at radius 2 is 2.03 bits per heavy atom. The molecule has 4 rings (SSSR count). The molecule has 2 aromatic carbocycles. The Bertz CT molecular complexity index is 1350. The molecule has 1 amide bonds. The summed E-state index contributed by atoms with van der Waals surface area (Å²) in [6, 6.07) is 12.9. The number of guanidine groups is 1. The highest BCUT2D eigenvalue weighted by Gasteiger charge is 2.23. The lowest BCUT2D eigenvalue weighted by Gasteiger charge is -2.14. The summed E-state index contributed by atoms with van der Waals surface area (Å²) in [6.07, 6.45) is 2.70. The summed E-state index contributed by atoms with van der Waals surface area (Å²) in [5.74, 6) is -0.368. The first-order valence-electron chi connectivity index (χ1n) is 11.4. The molecule has 0 unspecified atom stereocenters. The number of carbonyl (C=O) groups excluding carboxylic acids is 1. The van der Waals surface area contributed by atoms with Crippen molar-refractivity contribution in [2.45, 2.75) is 19.1 Å². The highest BCUT2D eigenvalue weighted by molar-refractivity contribution is 5.82. The van der Waals surface area contributed by atoms with Crippen molar-refractivity contribution in [3.8, 4) is 0 Å². The number of fused-ring (bicyclic) bond motifs is 1. The predicted octanol–water partition coefficient (Wildman–Crippen LogP) is 1.41. The van der Waals surface area contributed by atoms with Gasteiger partial charge in [-0.1, -0.05) is 48.6 Å². The number of aliphatic carboxylic acids is 1. The minimum atomic E-state index is -1.33. The first-order chi connectivity index (χ1) is 17.5. The molecule has 1 aliphatic rings. The van der Waals surface area contributed by atoms with E-state index in [2.05, 4.69) is 30.9 Å². The lowest BCUT2D eigenvalue weighted by molar-refractivity contribution is -0.139. The summed E-state index contributed by atoms with van der Waals surface area (Å²) in [5.41, 5.74) is 1.61. The molecule has 36 heavy (non-hydrogen) atoms. The van der Waals surface area contributed by atoms with Crippen molar-refractivity contribution in [1.82, 2.24) is 25.9 Å². The zero-order valence-corrected chi connectivity index (χ0v) is 19.4. The molecule has 0 radical (unpaired) electrons. The molecule has 2 heterocycles. The Morgan fingerprint density at radius 3 is 2.78 bits per heavy atom. The average Bonchev–Trinajstić information content (AvgIpc) is 3.39. The van der Waals surface area contributed by atoms with Crippen LogP contribution in [0.25, 0.3) is 17.0 Å². The fourth-order valence-corrected chi connectivity index (χ4v) is 3.57. The number of aromatic nitrogens is 2. The van der Waals surface area contributed by atoms with E-state index in [1.165, 1.54) is 0 Å². The van der Waals surface area contributed by atoms with Crippen molar-refractivity contribution in [2.24, 2.45) is 4.99 Å². The van der Waals surface area contributed by atoms with Crippen LogP contribution in [0.5, 0.6) is 0 Å². The van der Waals surface area contributed by atoms with Crippen molar-refractivity contribution in [3.63, 3.8) is 0 Å². The molecule has 0 fully saturated rings. The predicted molar refractivity (Wildman–Crippen MR) is 135 cm³/mol. The molecule has 0 saturated carbocycles. The highest BCUT2D eigenvalue weighted by atomic mass is 16.5. The summed E-state index contributed by atoms with van der Waals surface area (Å²) in [4.78, 5) is 47.7. The highest BCUT2D eigenvalue weighted by Crippen LogP contribution is 2.12. The molecule has 0 bridgehead atoms. The summed E-state index contributed by atoms with van der Waals surface area (Å²) < 4.78 is 5.10. The maximum atomic E-state index is 12.7. The summed E-state index contributed by atoms with van der Waals surface area (Å²) in [5, 5.41) is 18.5. The van der Waals surface area contributed by atoms with Crippen molar-refractivity contribution in [3.05, 3.63) is 81.9 Å². The number of nitrogens with one attached hydrogen (secondary N) is 4. The number of H-pyrrole nitrogens is 1. The monoisotopic (exact) mass is 490 g/mol. The van der Waals surface area contributed by atoms with Gasteiger partial charge in [0.1, 0.15) is 18.5 Å². The van der Waals surface area contributed by atoms with E-state index in [0.717, 1.165) is 30.2 Å². The third kappa shape index (κ3) is 6.69. The van der Waals surface area contributed by atoms with Crippen LogP contribution in [0.1, 0.15) is 17.0 Å². The Morgan fingerprint density at radius 1 is 1.19 bits per heavy atom. The van der Waals surface area contributed by atoms with Crippen LogP contribution in [0.15, 0.2) is 64.4 Å². The van der Waals surface area contributed by atoms with E-state index in [-0.39, 0.29) is 18.9 Å². The van der Waals surface area contributed by atoms with E-state index >= 15 is 0 Å². The Kier molecular flexibility index (Phi) is 7.91. The number of hydrogen-bond donors (Lipinski definition) is 5. The van der Waals surface area contributed by atoms with Gasteiger partial charge in [0.25, 0.3) is 5.56 Å². The zero-order valence-electron chi connectivity index (χ0n) is 19.4. The molecule has 186 valence electrons. The number of benzene rings is 2. The number of hydrogen-bond acceptors (Lipinski definition) is 8. The molecule has 11 heteroatoms. The van der Waals surface area contributed by atoms with Crippen LogP contribution in [0, 0.1) is 0 Å². The molecular formula is C25H26N6O5. The zero-order chi connectivity index (χ0) is 25.3. The van der Waals surface area contributed by atoms with Crippen molar-refractivity contribution < 1.29 is 19.4 Å². The Labute approximate surface area is 206 Å². The van der Waals surface area contributed by atoms with Crippen LogP contribution in [0.2, 0.25) is 0 Å². The molecule has 1 aliphatic heterocycles. The molecule has 11 nitrogen and oxygen atoms in total. The SMILES string of the molecule is O=C(N[C@@H](Cc1nc2ccc(/C=C/CNC3=NCCN3)cc2c(=O)[nH]1)C(=O)O)OCc1ccccc1. The number of aliphatic imine (C=N–C) groups is 1. The maximum Gasteiger partial charge on any atom is 0.408 e. The second-order valence-electron chi connectivity index (χ2n) is 8.03. The lowest BCUT2D eigenvalue weighted by atomic mass is 10.1. The van der Waals surface area contributed by atoms with Gasteiger partial charge in [0.05, 0.1) is 17.4 Å². The smallest absolute Gasteiger partial charge is 0.408 e. The summed E-state index contributed by atoms with van der Waals surface area (Å²) in [6.45, 7) is 2.17. The van der Waals surface area contributed by atoms with Gasteiger partial charge >= 0.3 is 12.1 Å². The average molecular weight is 491 g/mol. The van der Waals surface area contributed by atoms with E-state index < -0.39 is 23.7 Å². The van der Waals surface area contributed by atoms with E-state index in [1.807, 2.05) is 24.3 Å². The maximum absolute atomic E-state index is 12.7. The molecule has 0 aliphatic carbocycles. The molecule has 0 saturated heterocycles. The van der Waals surface area contributed by atoms with Gasteiger partial charge < -0.3 is 30.8 Å². The normalized spacial score (nSPS) is 13.7. The molecular weight excluding hydrogens is 464 g/mol. The van der Waals surface area contributed by atoms with Gasteiger partial charge in [0.2, 0.25) is 0 Å². The number of carboxylic acids is 1. The fourth-order valence-electron chi connectivity index (χ4n) is 3.57. The van der Waals surface area contributed by atoms with Crippen LogP contribution in [0.3, 0.4) is 0 Å². The Balaban J connectivity index is 1.38. The minimum absolute atomic E-state index is 0.00253. The van der Waals surface area contributed by atoms with Crippen LogP contribution >= 0.6 is 0 Å². The number of carbonyl (C=O) groups is 2. The van der Waals surface area contributed by atoms with E-state index in [4.69, 9.17) is 4.74 Å². The van der Waals surface area contributed by atoms with Crippen molar-refractivity contribution in [2.75, 3.05) is 19.6 Å². The van der Waals surface area contributed by atoms with Crippen LogP contribution in [-0.4, -0.2) is 58.8 Å². The largest absolute Gasteiger partial charge is 0.480 e. The van der Waals surface area contributed by atoms with Crippen LogP contribution in [-0.2, 0) is 22.6 Å². The number of aromatic amines is 1. The summed E-state index contributed by atoms with van der Waals surface area (Å²) >= 11 is 0. The first kappa shape index (κ1) is 24.5. The first-order valence-corrected chi connectivity index (χ1v) is 11.4. The quantitative estimate of drug-likeness (QED) is 0.301. The standard InChI is InChI=1S/C25H26N6O5/c32-22-18-13-16(7-4-10-26-24-27-11-12-28-24)8-9-19(18)29-21(31-22)14-20(23(33)34)30-25(35)36-15-17-5-2-1-3-6-17/h1-9,13,20H,10-12,14-15H2,(H,30,35)(H,33,34)(H2,26,27,28)(H,29,31,32)/b7-4+/t20-/m0/s1. The number of amides is 1. The topological polar surface area (TPSA) is 158 Å². The van der Waals surface area contributed by atoms with E-state index in [1.54, 1.807) is 36.4 Å². The number of rotatable bonds is 9. The van der Waals surface area contributed by atoms with Crippen molar-refractivity contribution >= 4 is 35.0 Å². The van der Waals surface area contributed by atoms with E-state index in [0.29, 0.717) is 17.4 Å². The number of ether oxygens (including phenoxy) is 1. The second-order valence-corrected chi connectivity index (χ2v) is 8.03. The third-order valence-corrected chi connectivity index (χ3v) is 5.35. The van der Waals surface area contributed by atoms with Crippen LogP contribution in [0.4, 0.5) is 4.79 Å². The second kappa shape index (κ2) is 11.6. The number of alkyl carbamates (subject to hydrolysis) is 1. The minimum Gasteiger partial charge on any atom is -0.480 e. The van der Waals surface area contributed by atoms with Crippen LogP contribution < -0.4 is 21.5 Å². The van der Waals surface area contributed by atoms with Crippen molar-refractivity contribution in [1.29, 1.82) is 0 Å².